The second kappa shape index (κ2) is 5.55. The first-order chi connectivity index (χ1) is 8.21. The lowest BCUT2D eigenvalue weighted by Gasteiger charge is -2.37. The molecule has 0 aromatic rings. The number of rotatable bonds is 5. The fraction of sp³-hybridized carbons (Fsp3) is 0.692. The van der Waals surface area contributed by atoms with Gasteiger partial charge in [0.2, 0.25) is 0 Å². The monoisotopic (exact) mass is 274 g/mol. The molecule has 5 heteroatoms. The van der Waals surface area contributed by atoms with Crippen molar-refractivity contribution in [3.63, 3.8) is 0 Å². The van der Waals surface area contributed by atoms with E-state index in [1.165, 1.54) is 6.08 Å². The van der Waals surface area contributed by atoms with Gasteiger partial charge in [-0.2, -0.15) is 8.42 Å². The minimum atomic E-state index is -4.15. The van der Waals surface area contributed by atoms with E-state index in [1.807, 2.05) is 26.8 Å². The van der Waals surface area contributed by atoms with E-state index in [1.54, 1.807) is 7.11 Å². The molecule has 1 unspecified atom stereocenters. The van der Waals surface area contributed by atoms with Gasteiger partial charge in [0.25, 0.3) is 10.1 Å². The molecular formula is C13H22O4S. The van der Waals surface area contributed by atoms with Crippen molar-refractivity contribution in [3.05, 3.63) is 22.6 Å². The van der Waals surface area contributed by atoms with Crippen molar-refractivity contribution in [2.45, 2.75) is 33.6 Å². The van der Waals surface area contributed by atoms with E-state index < -0.39 is 10.1 Å². The van der Waals surface area contributed by atoms with Crippen LogP contribution >= 0.6 is 0 Å². The third-order valence-electron chi connectivity index (χ3n) is 3.80. The molecule has 0 aliphatic heterocycles. The SMILES string of the molecule is COCCCC1=C(S(=O)(=O)O)C=CC(C)C1(C)C. The molecule has 1 N–H and O–H groups in total. The van der Waals surface area contributed by atoms with Gasteiger partial charge < -0.3 is 4.74 Å². The zero-order chi connectivity index (χ0) is 14.0. The number of hydrogen-bond acceptors (Lipinski definition) is 3. The van der Waals surface area contributed by atoms with E-state index >= 15 is 0 Å². The Labute approximate surface area is 109 Å². The van der Waals surface area contributed by atoms with Crippen molar-refractivity contribution in [2.24, 2.45) is 11.3 Å². The third-order valence-corrected chi connectivity index (χ3v) is 4.74. The van der Waals surface area contributed by atoms with Crippen LogP contribution in [0.15, 0.2) is 22.6 Å². The normalized spacial score (nSPS) is 23.5. The molecule has 0 saturated heterocycles. The van der Waals surface area contributed by atoms with Crippen LogP contribution in [0.4, 0.5) is 0 Å². The Hall–Kier alpha value is -0.650. The second-order valence-electron chi connectivity index (χ2n) is 5.28. The predicted octanol–water partition coefficient (Wildman–Crippen LogP) is 2.79. The summed E-state index contributed by atoms with van der Waals surface area (Å²) in [6.45, 7) is 6.65. The minimum absolute atomic E-state index is 0.0571. The van der Waals surface area contributed by atoms with Crippen LogP contribution in [-0.4, -0.2) is 26.7 Å². The van der Waals surface area contributed by atoms with Gasteiger partial charge >= 0.3 is 0 Å². The fourth-order valence-electron chi connectivity index (χ4n) is 2.25. The summed E-state index contributed by atoms with van der Waals surface area (Å²) >= 11 is 0. The summed E-state index contributed by atoms with van der Waals surface area (Å²) in [4.78, 5) is 0.0571. The summed E-state index contributed by atoms with van der Waals surface area (Å²) in [6, 6.07) is 0. The molecule has 104 valence electrons. The Morgan fingerprint density at radius 3 is 2.56 bits per heavy atom. The van der Waals surface area contributed by atoms with Gasteiger partial charge in [-0.1, -0.05) is 26.8 Å². The maximum Gasteiger partial charge on any atom is 0.294 e. The van der Waals surface area contributed by atoms with Crippen molar-refractivity contribution in [1.82, 2.24) is 0 Å². The van der Waals surface area contributed by atoms with Gasteiger partial charge in [0.1, 0.15) is 0 Å². The standard InChI is InChI=1S/C13H22O4S/c1-10-7-8-12(18(14,15)16)11(13(10,2)3)6-5-9-17-4/h7-8,10H,5-6,9H2,1-4H3,(H,14,15,16). The second-order valence-corrected chi connectivity index (χ2v) is 6.67. The van der Waals surface area contributed by atoms with E-state index in [4.69, 9.17) is 4.74 Å². The molecule has 0 bridgehead atoms. The maximum atomic E-state index is 11.4. The van der Waals surface area contributed by atoms with Gasteiger partial charge in [0, 0.05) is 13.7 Å². The Morgan fingerprint density at radius 1 is 1.44 bits per heavy atom. The Kier molecular flexibility index (Phi) is 4.75. The summed E-state index contributed by atoms with van der Waals surface area (Å²) in [6.07, 6.45) is 4.72. The summed E-state index contributed by atoms with van der Waals surface area (Å²) in [7, 11) is -2.54. The van der Waals surface area contributed by atoms with Crippen LogP contribution in [0.5, 0.6) is 0 Å². The Balaban J connectivity index is 3.17. The lowest BCUT2D eigenvalue weighted by atomic mass is 9.70. The largest absolute Gasteiger partial charge is 0.385 e. The summed E-state index contributed by atoms with van der Waals surface area (Å²) < 4.78 is 37.2. The first-order valence-corrected chi connectivity index (χ1v) is 7.53. The summed E-state index contributed by atoms with van der Waals surface area (Å²) in [5, 5.41) is 0. The highest BCUT2D eigenvalue weighted by Crippen LogP contribution is 2.44. The molecule has 1 aliphatic carbocycles. The van der Waals surface area contributed by atoms with Gasteiger partial charge in [-0.15, -0.1) is 0 Å². The van der Waals surface area contributed by atoms with E-state index in [0.717, 1.165) is 12.0 Å². The lowest BCUT2D eigenvalue weighted by molar-refractivity contribution is 0.191. The molecular weight excluding hydrogens is 252 g/mol. The van der Waals surface area contributed by atoms with Crippen molar-refractivity contribution in [3.8, 4) is 0 Å². The average molecular weight is 274 g/mol. The molecule has 0 amide bonds. The Morgan fingerprint density at radius 2 is 2.06 bits per heavy atom. The highest BCUT2D eigenvalue weighted by atomic mass is 32.2. The molecule has 4 nitrogen and oxygen atoms in total. The molecule has 0 heterocycles. The molecule has 0 fully saturated rings. The number of methoxy groups -OCH3 is 1. The highest BCUT2D eigenvalue weighted by Gasteiger charge is 2.35. The van der Waals surface area contributed by atoms with Gasteiger partial charge in [-0.05, 0) is 35.8 Å². The lowest BCUT2D eigenvalue weighted by Crippen LogP contribution is -2.28. The van der Waals surface area contributed by atoms with Gasteiger partial charge in [-0.25, -0.2) is 0 Å². The van der Waals surface area contributed by atoms with E-state index in [-0.39, 0.29) is 16.2 Å². The van der Waals surface area contributed by atoms with Crippen LogP contribution < -0.4 is 0 Å². The van der Waals surface area contributed by atoms with Crippen LogP contribution in [0, 0.1) is 11.3 Å². The maximum absolute atomic E-state index is 11.4. The predicted molar refractivity (Wildman–Crippen MR) is 71.8 cm³/mol. The van der Waals surface area contributed by atoms with Crippen LogP contribution in [0.25, 0.3) is 0 Å². The minimum Gasteiger partial charge on any atom is -0.385 e. The van der Waals surface area contributed by atoms with Crippen LogP contribution in [0.2, 0.25) is 0 Å². The van der Waals surface area contributed by atoms with Crippen LogP contribution in [0.1, 0.15) is 33.6 Å². The van der Waals surface area contributed by atoms with Crippen molar-refractivity contribution in [2.75, 3.05) is 13.7 Å². The zero-order valence-electron chi connectivity index (χ0n) is 11.4. The van der Waals surface area contributed by atoms with E-state index in [9.17, 15) is 13.0 Å². The Bertz CT molecular complexity index is 457. The van der Waals surface area contributed by atoms with Crippen LogP contribution in [0.3, 0.4) is 0 Å². The first-order valence-electron chi connectivity index (χ1n) is 6.09. The molecule has 18 heavy (non-hydrogen) atoms. The number of ether oxygens (including phenoxy) is 1. The van der Waals surface area contributed by atoms with Crippen molar-refractivity contribution >= 4 is 10.1 Å². The molecule has 1 aliphatic rings. The van der Waals surface area contributed by atoms with Crippen molar-refractivity contribution in [1.29, 1.82) is 0 Å². The number of allylic oxidation sites excluding steroid dienone is 3. The fourth-order valence-corrected chi connectivity index (χ4v) is 3.17. The third kappa shape index (κ3) is 3.22. The number of hydrogen-bond donors (Lipinski definition) is 1. The van der Waals surface area contributed by atoms with Gasteiger partial charge in [0.05, 0.1) is 4.91 Å². The first kappa shape index (κ1) is 15.4. The topological polar surface area (TPSA) is 63.6 Å². The van der Waals surface area contributed by atoms with Gasteiger partial charge in [0.15, 0.2) is 0 Å². The molecule has 0 saturated carbocycles. The quantitative estimate of drug-likeness (QED) is 0.618. The zero-order valence-corrected chi connectivity index (χ0v) is 12.3. The average Bonchev–Trinajstić information content (AvgIpc) is 2.23. The molecule has 0 aromatic carbocycles. The molecule has 1 rings (SSSR count). The molecule has 0 aromatic heterocycles. The summed E-state index contributed by atoms with van der Waals surface area (Å²) in [5.41, 5.74) is 0.519. The van der Waals surface area contributed by atoms with Crippen molar-refractivity contribution < 1.29 is 17.7 Å². The highest BCUT2D eigenvalue weighted by molar-refractivity contribution is 7.90. The van der Waals surface area contributed by atoms with E-state index in [2.05, 4.69) is 0 Å². The molecule has 0 spiro atoms. The molecule has 0 radical (unpaired) electrons. The van der Waals surface area contributed by atoms with Gasteiger partial charge in [-0.3, -0.25) is 4.55 Å². The van der Waals surface area contributed by atoms with E-state index in [0.29, 0.717) is 13.0 Å². The smallest absolute Gasteiger partial charge is 0.294 e. The van der Waals surface area contributed by atoms with Crippen LogP contribution in [-0.2, 0) is 14.9 Å². The molecule has 1 atom stereocenters. The summed E-state index contributed by atoms with van der Waals surface area (Å²) in [5.74, 6) is 0.237.